The molecule has 0 aliphatic rings. The van der Waals surface area contributed by atoms with Crippen LogP contribution in [-0.4, -0.2) is 12.6 Å². The molecule has 19 heavy (non-hydrogen) atoms. The zero-order valence-electron chi connectivity index (χ0n) is 12.7. The van der Waals surface area contributed by atoms with Gasteiger partial charge in [-0.2, -0.15) is 0 Å². The Hall–Kier alpha value is -0.990. The SMILES string of the molecule is CCCCCCCCCCOC(=O)C=C(N)CCC. The predicted molar refractivity (Wildman–Crippen MR) is 80.7 cm³/mol. The van der Waals surface area contributed by atoms with Crippen LogP contribution >= 0.6 is 0 Å². The number of carbonyl (C=O) groups excluding carboxylic acids is 1. The molecule has 0 radical (unpaired) electrons. The molecule has 0 aromatic rings. The lowest BCUT2D eigenvalue weighted by molar-refractivity contribution is -0.137. The molecule has 0 fully saturated rings. The molecule has 0 bridgehead atoms. The minimum absolute atomic E-state index is 0.297. The zero-order chi connectivity index (χ0) is 14.3. The minimum atomic E-state index is -0.297. The average molecular weight is 269 g/mol. The van der Waals surface area contributed by atoms with Gasteiger partial charge in [0, 0.05) is 11.8 Å². The molecule has 0 saturated heterocycles. The topological polar surface area (TPSA) is 52.3 Å². The molecular formula is C16H31NO2. The molecule has 0 aliphatic heterocycles. The third-order valence-corrected chi connectivity index (χ3v) is 3.08. The Morgan fingerprint density at radius 2 is 1.53 bits per heavy atom. The van der Waals surface area contributed by atoms with Crippen LogP contribution in [0.5, 0.6) is 0 Å². The van der Waals surface area contributed by atoms with Crippen LogP contribution in [0.4, 0.5) is 0 Å². The number of nitrogens with two attached hydrogens (primary N) is 1. The molecule has 0 amide bonds. The summed E-state index contributed by atoms with van der Waals surface area (Å²) < 4.78 is 5.11. The second-order valence-corrected chi connectivity index (χ2v) is 5.11. The van der Waals surface area contributed by atoms with Crippen molar-refractivity contribution >= 4 is 5.97 Å². The van der Waals surface area contributed by atoms with Crippen LogP contribution in [-0.2, 0) is 9.53 Å². The first-order chi connectivity index (χ1) is 9.20. The summed E-state index contributed by atoms with van der Waals surface area (Å²) in [7, 11) is 0. The van der Waals surface area contributed by atoms with E-state index in [2.05, 4.69) is 6.92 Å². The Kier molecular flexibility index (Phi) is 12.7. The fourth-order valence-corrected chi connectivity index (χ4v) is 1.96. The molecule has 0 atom stereocenters. The number of allylic oxidation sites excluding steroid dienone is 1. The van der Waals surface area contributed by atoms with Crippen molar-refractivity contribution < 1.29 is 9.53 Å². The lowest BCUT2D eigenvalue weighted by Crippen LogP contribution is -2.07. The smallest absolute Gasteiger partial charge is 0.332 e. The first-order valence-electron chi connectivity index (χ1n) is 7.83. The Balaban J connectivity index is 3.34. The van der Waals surface area contributed by atoms with Crippen LogP contribution in [0.3, 0.4) is 0 Å². The van der Waals surface area contributed by atoms with Gasteiger partial charge in [0.1, 0.15) is 0 Å². The molecule has 0 saturated carbocycles. The van der Waals surface area contributed by atoms with Gasteiger partial charge in [-0.05, 0) is 12.8 Å². The number of hydrogen-bond acceptors (Lipinski definition) is 3. The standard InChI is InChI=1S/C16H31NO2/c1-3-5-6-7-8-9-10-11-13-19-16(18)14-15(17)12-4-2/h14H,3-13,17H2,1-2H3. The summed E-state index contributed by atoms with van der Waals surface area (Å²) in [6.45, 7) is 4.78. The highest BCUT2D eigenvalue weighted by molar-refractivity contribution is 5.82. The van der Waals surface area contributed by atoms with Gasteiger partial charge in [0.2, 0.25) is 0 Å². The Morgan fingerprint density at radius 1 is 0.947 bits per heavy atom. The summed E-state index contributed by atoms with van der Waals surface area (Å²) in [6, 6.07) is 0. The van der Waals surface area contributed by atoms with Gasteiger partial charge >= 0.3 is 5.97 Å². The first-order valence-corrected chi connectivity index (χ1v) is 7.83. The van der Waals surface area contributed by atoms with Gasteiger partial charge in [0.25, 0.3) is 0 Å². The number of esters is 1. The summed E-state index contributed by atoms with van der Waals surface area (Å²) in [5.74, 6) is -0.297. The van der Waals surface area contributed by atoms with E-state index < -0.39 is 0 Å². The predicted octanol–water partition coefficient (Wildman–Crippen LogP) is 4.31. The lowest BCUT2D eigenvalue weighted by Gasteiger charge is -2.03. The first kappa shape index (κ1) is 18.0. The molecule has 0 aromatic heterocycles. The number of ether oxygens (including phenoxy) is 1. The van der Waals surface area contributed by atoms with Crippen LogP contribution in [0, 0.1) is 0 Å². The molecule has 0 unspecified atom stereocenters. The van der Waals surface area contributed by atoms with E-state index in [1.54, 1.807) is 0 Å². The minimum Gasteiger partial charge on any atom is -0.462 e. The van der Waals surface area contributed by atoms with E-state index in [-0.39, 0.29) is 5.97 Å². The average Bonchev–Trinajstić information content (AvgIpc) is 2.37. The van der Waals surface area contributed by atoms with Crippen LogP contribution in [0.15, 0.2) is 11.8 Å². The molecular weight excluding hydrogens is 238 g/mol. The van der Waals surface area contributed by atoms with Crippen molar-refractivity contribution in [1.82, 2.24) is 0 Å². The second-order valence-electron chi connectivity index (χ2n) is 5.11. The molecule has 3 heteroatoms. The van der Waals surface area contributed by atoms with Crippen molar-refractivity contribution in [2.24, 2.45) is 5.73 Å². The highest BCUT2D eigenvalue weighted by atomic mass is 16.5. The summed E-state index contributed by atoms with van der Waals surface area (Å²) in [4.78, 5) is 11.4. The number of hydrogen-bond donors (Lipinski definition) is 1. The largest absolute Gasteiger partial charge is 0.462 e. The highest BCUT2D eigenvalue weighted by Gasteiger charge is 1.99. The van der Waals surface area contributed by atoms with E-state index in [0.29, 0.717) is 12.3 Å². The lowest BCUT2D eigenvalue weighted by atomic mass is 10.1. The fourth-order valence-electron chi connectivity index (χ4n) is 1.96. The quantitative estimate of drug-likeness (QED) is 0.326. The summed E-state index contributed by atoms with van der Waals surface area (Å²) in [5, 5.41) is 0. The van der Waals surface area contributed by atoms with E-state index in [4.69, 9.17) is 10.5 Å². The molecule has 0 aromatic carbocycles. The maximum Gasteiger partial charge on any atom is 0.332 e. The zero-order valence-corrected chi connectivity index (χ0v) is 12.7. The van der Waals surface area contributed by atoms with E-state index >= 15 is 0 Å². The number of rotatable bonds is 12. The third-order valence-electron chi connectivity index (χ3n) is 3.08. The Bertz CT molecular complexity index is 249. The molecule has 0 aliphatic carbocycles. The second kappa shape index (κ2) is 13.4. The van der Waals surface area contributed by atoms with Crippen LogP contribution in [0.25, 0.3) is 0 Å². The maximum atomic E-state index is 11.4. The summed E-state index contributed by atoms with van der Waals surface area (Å²) in [5.41, 5.74) is 6.27. The van der Waals surface area contributed by atoms with Crippen molar-refractivity contribution in [2.75, 3.05) is 6.61 Å². The van der Waals surface area contributed by atoms with Crippen LogP contribution in [0.2, 0.25) is 0 Å². The Labute approximate surface area is 118 Å². The van der Waals surface area contributed by atoms with Gasteiger partial charge in [-0.1, -0.05) is 65.2 Å². The Morgan fingerprint density at radius 3 is 2.11 bits per heavy atom. The molecule has 0 rings (SSSR count). The molecule has 0 spiro atoms. The van der Waals surface area contributed by atoms with Gasteiger partial charge in [0.05, 0.1) is 6.61 Å². The van der Waals surface area contributed by atoms with E-state index in [1.807, 2.05) is 6.92 Å². The van der Waals surface area contributed by atoms with Gasteiger partial charge < -0.3 is 10.5 Å². The summed E-state index contributed by atoms with van der Waals surface area (Å²) >= 11 is 0. The van der Waals surface area contributed by atoms with Crippen LogP contribution in [0.1, 0.15) is 78.1 Å². The van der Waals surface area contributed by atoms with Gasteiger partial charge in [-0.25, -0.2) is 4.79 Å². The number of carbonyl (C=O) groups is 1. The summed E-state index contributed by atoms with van der Waals surface area (Å²) in [6.07, 6.45) is 13.1. The highest BCUT2D eigenvalue weighted by Crippen LogP contribution is 2.08. The molecule has 0 heterocycles. The van der Waals surface area contributed by atoms with Crippen molar-refractivity contribution in [2.45, 2.75) is 78.1 Å². The van der Waals surface area contributed by atoms with Gasteiger partial charge in [-0.3, -0.25) is 0 Å². The monoisotopic (exact) mass is 269 g/mol. The normalized spacial score (nSPS) is 11.6. The van der Waals surface area contributed by atoms with Gasteiger partial charge in [-0.15, -0.1) is 0 Å². The number of unbranched alkanes of at least 4 members (excludes halogenated alkanes) is 7. The molecule has 112 valence electrons. The van der Waals surface area contributed by atoms with Gasteiger partial charge in [0.15, 0.2) is 0 Å². The van der Waals surface area contributed by atoms with E-state index in [0.717, 1.165) is 25.7 Å². The van der Waals surface area contributed by atoms with Crippen molar-refractivity contribution in [3.05, 3.63) is 11.8 Å². The van der Waals surface area contributed by atoms with Crippen molar-refractivity contribution in [3.8, 4) is 0 Å². The van der Waals surface area contributed by atoms with E-state index in [9.17, 15) is 4.79 Å². The molecule has 3 nitrogen and oxygen atoms in total. The molecule has 2 N–H and O–H groups in total. The van der Waals surface area contributed by atoms with E-state index in [1.165, 1.54) is 44.6 Å². The maximum absolute atomic E-state index is 11.4. The fraction of sp³-hybridized carbons (Fsp3) is 0.812. The third kappa shape index (κ3) is 13.2. The van der Waals surface area contributed by atoms with Crippen molar-refractivity contribution in [1.29, 1.82) is 0 Å². The van der Waals surface area contributed by atoms with Crippen molar-refractivity contribution in [3.63, 3.8) is 0 Å². The van der Waals surface area contributed by atoms with Crippen LogP contribution < -0.4 is 5.73 Å².